The Morgan fingerprint density at radius 2 is 2.08 bits per heavy atom. The van der Waals surface area contributed by atoms with Gasteiger partial charge in [-0.15, -0.1) is 17.9 Å². The standard InChI is InChI=1S/C18H21BrN2O2S/c1-3-10-21(12-16-8-9-17(19)24-16)13-18(22)20-11-14-4-6-15(23-2)7-5-14/h3-9H,1,10-13H2,2H3,(H,20,22). The van der Waals surface area contributed by atoms with Crippen LogP contribution in [0, 0.1) is 0 Å². The Hall–Kier alpha value is -1.63. The molecule has 0 spiro atoms. The Morgan fingerprint density at radius 3 is 2.67 bits per heavy atom. The molecule has 2 aromatic rings. The van der Waals surface area contributed by atoms with Gasteiger partial charge in [0.2, 0.25) is 5.91 Å². The minimum absolute atomic E-state index is 0.00305. The fourth-order valence-corrected chi connectivity index (χ4v) is 3.75. The highest BCUT2D eigenvalue weighted by molar-refractivity contribution is 9.11. The molecule has 6 heteroatoms. The summed E-state index contributed by atoms with van der Waals surface area (Å²) in [5, 5.41) is 2.95. The van der Waals surface area contributed by atoms with Crippen LogP contribution in [0.4, 0.5) is 0 Å². The largest absolute Gasteiger partial charge is 0.497 e. The van der Waals surface area contributed by atoms with E-state index in [2.05, 4.69) is 38.8 Å². The second-order valence-corrected chi connectivity index (χ2v) is 7.84. The maximum absolute atomic E-state index is 12.2. The first-order valence-corrected chi connectivity index (χ1v) is 9.18. The number of amides is 1. The molecule has 0 saturated carbocycles. The second kappa shape index (κ2) is 9.61. The van der Waals surface area contributed by atoms with Gasteiger partial charge in [0.05, 0.1) is 17.4 Å². The molecule has 0 aliphatic rings. The zero-order valence-electron chi connectivity index (χ0n) is 13.6. The predicted molar refractivity (Wildman–Crippen MR) is 102 cm³/mol. The molecule has 4 nitrogen and oxygen atoms in total. The Bertz CT molecular complexity index is 670. The summed E-state index contributed by atoms with van der Waals surface area (Å²) in [6.45, 7) is 6.03. The van der Waals surface area contributed by atoms with Crippen molar-refractivity contribution in [3.63, 3.8) is 0 Å². The van der Waals surface area contributed by atoms with Gasteiger partial charge < -0.3 is 10.1 Å². The third-order valence-corrected chi connectivity index (χ3v) is 5.02. The lowest BCUT2D eigenvalue weighted by Gasteiger charge is -2.19. The molecule has 0 saturated heterocycles. The lowest BCUT2D eigenvalue weighted by Crippen LogP contribution is -2.36. The van der Waals surface area contributed by atoms with Gasteiger partial charge in [-0.3, -0.25) is 9.69 Å². The third-order valence-electron chi connectivity index (χ3n) is 3.41. The number of nitrogens with zero attached hydrogens (tertiary/aromatic N) is 1. The normalized spacial score (nSPS) is 10.6. The number of carbonyl (C=O) groups is 1. The van der Waals surface area contributed by atoms with Gasteiger partial charge in [-0.25, -0.2) is 0 Å². The van der Waals surface area contributed by atoms with E-state index in [1.165, 1.54) is 4.88 Å². The fraction of sp³-hybridized carbons (Fsp3) is 0.278. The number of ether oxygens (including phenoxy) is 1. The van der Waals surface area contributed by atoms with Crippen molar-refractivity contribution >= 4 is 33.2 Å². The Morgan fingerprint density at radius 1 is 1.33 bits per heavy atom. The topological polar surface area (TPSA) is 41.6 Å². The van der Waals surface area contributed by atoms with Crippen LogP contribution in [0.15, 0.2) is 52.8 Å². The zero-order valence-corrected chi connectivity index (χ0v) is 16.0. The Labute approximate surface area is 155 Å². The monoisotopic (exact) mass is 408 g/mol. The molecule has 1 aromatic heterocycles. The molecule has 0 unspecified atom stereocenters. The van der Waals surface area contributed by atoms with Crippen molar-refractivity contribution < 1.29 is 9.53 Å². The van der Waals surface area contributed by atoms with Crippen molar-refractivity contribution in [3.8, 4) is 5.75 Å². The minimum atomic E-state index is 0.00305. The van der Waals surface area contributed by atoms with Gasteiger partial charge in [-0.2, -0.15) is 0 Å². The average molecular weight is 409 g/mol. The summed E-state index contributed by atoms with van der Waals surface area (Å²) in [6.07, 6.45) is 1.82. The number of halogens is 1. The number of carbonyl (C=O) groups excluding carboxylic acids is 1. The highest BCUT2D eigenvalue weighted by Crippen LogP contribution is 2.23. The number of hydrogen-bond acceptors (Lipinski definition) is 4. The van der Waals surface area contributed by atoms with Gasteiger partial charge in [0.15, 0.2) is 0 Å². The van der Waals surface area contributed by atoms with E-state index in [9.17, 15) is 4.79 Å². The molecule has 24 heavy (non-hydrogen) atoms. The molecule has 2 rings (SSSR count). The fourth-order valence-electron chi connectivity index (χ4n) is 2.23. The van der Waals surface area contributed by atoms with Crippen LogP contribution in [0.5, 0.6) is 5.75 Å². The lowest BCUT2D eigenvalue weighted by molar-refractivity contribution is -0.122. The molecule has 0 atom stereocenters. The predicted octanol–water partition coefficient (Wildman–Crippen LogP) is 3.82. The van der Waals surface area contributed by atoms with E-state index in [0.717, 1.165) is 21.6 Å². The Kier molecular flexibility index (Phi) is 7.49. The summed E-state index contributed by atoms with van der Waals surface area (Å²) in [6, 6.07) is 11.8. The first-order valence-electron chi connectivity index (χ1n) is 7.58. The smallest absolute Gasteiger partial charge is 0.234 e. The first-order chi connectivity index (χ1) is 11.6. The summed E-state index contributed by atoms with van der Waals surface area (Å²) in [7, 11) is 1.64. The molecule has 1 aromatic carbocycles. The van der Waals surface area contributed by atoms with Gasteiger partial charge in [0.1, 0.15) is 5.75 Å². The number of methoxy groups -OCH3 is 1. The molecule has 1 amide bonds. The number of hydrogen-bond donors (Lipinski definition) is 1. The number of nitrogens with one attached hydrogen (secondary N) is 1. The van der Waals surface area contributed by atoms with Gasteiger partial charge in [0.25, 0.3) is 0 Å². The van der Waals surface area contributed by atoms with Crippen LogP contribution >= 0.6 is 27.3 Å². The summed E-state index contributed by atoms with van der Waals surface area (Å²) < 4.78 is 6.22. The van der Waals surface area contributed by atoms with E-state index in [4.69, 9.17) is 4.74 Å². The van der Waals surface area contributed by atoms with E-state index in [0.29, 0.717) is 19.6 Å². The molecule has 0 bridgehead atoms. The summed E-state index contributed by atoms with van der Waals surface area (Å²) in [4.78, 5) is 15.5. The van der Waals surface area contributed by atoms with Crippen LogP contribution in [0.25, 0.3) is 0 Å². The lowest BCUT2D eigenvalue weighted by atomic mass is 10.2. The summed E-state index contributed by atoms with van der Waals surface area (Å²) >= 11 is 5.14. The molecule has 128 valence electrons. The Balaban J connectivity index is 1.84. The van der Waals surface area contributed by atoms with Crippen LogP contribution in [-0.4, -0.2) is 31.0 Å². The molecule has 0 fully saturated rings. The summed E-state index contributed by atoms with van der Waals surface area (Å²) in [5.74, 6) is 0.813. The maximum atomic E-state index is 12.2. The van der Waals surface area contributed by atoms with Crippen LogP contribution in [-0.2, 0) is 17.9 Å². The van der Waals surface area contributed by atoms with Crippen molar-refractivity contribution in [2.24, 2.45) is 0 Å². The van der Waals surface area contributed by atoms with Crippen molar-refractivity contribution in [1.82, 2.24) is 10.2 Å². The molecule has 0 aliphatic heterocycles. The molecule has 0 radical (unpaired) electrons. The highest BCUT2D eigenvalue weighted by Gasteiger charge is 2.11. The SMILES string of the molecule is C=CCN(CC(=O)NCc1ccc(OC)cc1)Cc1ccc(Br)s1. The van der Waals surface area contributed by atoms with Gasteiger partial charge >= 0.3 is 0 Å². The van der Waals surface area contributed by atoms with Crippen molar-refractivity contribution in [2.45, 2.75) is 13.1 Å². The van der Waals surface area contributed by atoms with Gasteiger partial charge in [0, 0.05) is 24.5 Å². The van der Waals surface area contributed by atoms with E-state index in [1.807, 2.05) is 36.4 Å². The van der Waals surface area contributed by atoms with Gasteiger partial charge in [-0.05, 0) is 45.8 Å². The van der Waals surface area contributed by atoms with Crippen molar-refractivity contribution in [2.75, 3.05) is 20.2 Å². The van der Waals surface area contributed by atoms with Crippen molar-refractivity contribution in [3.05, 3.63) is 63.3 Å². The minimum Gasteiger partial charge on any atom is -0.497 e. The van der Waals surface area contributed by atoms with Crippen LogP contribution in [0.2, 0.25) is 0 Å². The molecule has 1 N–H and O–H groups in total. The van der Waals surface area contributed by atoms with Crippen LogP contribution in [0.3, 0.4) is 0 Å². The third kappa shape index (κ3) is 6.11. The first kappa shape index (κ1) is 18.7. The van der Waals surface area contributed by atoms with E-state index in [-0.39, 0.29) is 5.91 Å². The van der Waals surface area contributed by atoms with E-state index in [1.54, 1.807) is 18.4 Å². The summed E-state index contributed by atoms with van der Waals surface area (Å²) in [5.41, 5.74) is 1.04. The molecular formula is C18H21BrN2O2S. The van der Waals surface area contributed by atoms with Crippen LogP contribution in [0.1, 0.15) is 10.4 Å². The highest BCUT2D eigenvalue weighted by atomic mass is 79.9. The number of benzene rings is 1. The van der Waals surface area contributed by atoms with E-state index < -0.39 is 0 Å². The number of thiophene rings is 1. The number of rotatable bonds is 9. The molecule has 1 heterocycles. The molecular weight excluding hydrogens is 388 g/mol. The molecule has 0 aliphatic carbocycles. The maximum Gasteiger partial charge on any atom is 0.234 e. The van der Waals surface area contributed by atoms with Crippen LogP contribution < -0.4 is 10.1 Å². The second-order valence-electron chi connectivity index (χ2n) is 5.29. The zero-order chi connectivity index (χ0) is 17.4. The average Bonchev–Trinajstić information content (AvgIpc) is 2.98. The van der Waals surface area contributed by atoms with Crippen molar-refractivity contribution in [1.29, 1.82) is 0 Å². The van der Waals surface area contributed by atoms with E-state index >= 15 is 0 Å². The quantitative estimate of drug-likeness (QED) is 0.641. The van der Waals surface area contributed by atoms with Gasteiger partial charge in [-0.1, -0.05) is 18.2 Å².